The van der Waals surface area contributed by atoms with Crippen molar-refractivity contribution < 1.29 is 18.3 Å². The Morgan fingerprint density at radius 1 is 1.14 bits per heavy atom. The van der Waals surface area contributed by atoms with E-state index in [0.717, 1.165) is 25.0 Å². The van der Waals surface area contributed by atoms with Gasteiger partial charge in [0.05, 0.1) is 11.3 Å². The van der Waals surface area contributed by atoms with E-state index in [0.29, 0.717) is 30.3 Å². The molecule has 7 nitrogen and oxygen atoms in total. The largest absolute Gasteiger partial charge is 0.478 e. The zero-order chi connectivity index (χ0) is 20.3. The van der Waals surface area contributed by atoms with Gasteiger partial charge in [-0.3, -0.25) is 4.98 Å². The molecule has 3 rings (SSSR count). The minimum absolute atomic E-state index is 0.231. The highest BCUT2D eigenvalue weighted by Gasteiger charge is 2.29. The first-order chi connectivity index (χ1) is 13.3. The summed E-state index contributed by atoms with van der Waals surface area (Å²) in [4.78, 5) is 16.1. The van der Waals surface area contributed by atoms with Crippen molar-refractivity contribution >= 4 is 16.2 Å². The van der Waals surface area contributed by atoms with Gasteiger partial charge >= 0.3 is 5.97 Å². The Morgan fingerprint density at radius 2 is 1.82 bits per heavy atom. The van der Waals surface area contributed by atoms with Gasteiger partial charge in [0.15, 0.2) is 0 Å². The van der Waals surface area contributed by atoms with Crippen LogP contribution in [0.25, 0.3) is 11.3 Å². The topological polar surface area (TPSA) is 90.8 Å². The summed E-state index contributed by atoms with van der Waals surface area (Å²) in [6, 6.07) is 12.5. The normalized spacial score (nSPS) is 16.4. The molecule has 1 aliphatic rings. The van der Waals surface area contributed by atoms with Crippen LogP contribution in [0.3, 0.4) is 0 Å². The fourth-order valence-electron chi connectivity index (χ4n) is 3.51. The Morgan fingerprint density at radius 3 is 2.46 bits per heavy atom. The van der Waals surface area contributed by atoms with Crippen molar-refractivity contribution in [2.24, 2.45) is 5.92 Å². The Balaban J connectivity index is 1.71. The number of aromatic carboxylic acids is 1. The zero-order valence-electron chi connectivity index (χ0n) is 16.1. The second kappa shape index (κ2) is 8.38. The van der Waals surface area contributed by atoms with Crippen LogP contribution in [-0.4, -0.2) is 60.3 Å². The van der Waals surface area contributed by atoms with E-state index in [4.69, 9.17) is 0 Å². The van der Waals surface area contributed by atoms with Crippen molar-refractivity contribution in [2.45, 2.75) is 19.3 Å². The number of benzene rings is 1. The predicted molar refractivity (Wildman–Crippen MR) is 107 cm³/mol. The highest BCUT2D eigenvalue weighted by atomic mass is 32.2. The highest BCUT2D eigenvalue weighted by Crippen LogP contribution is 2.26. The average Bonchev–Trinajstić information content (AvgIpc) is 2.68. The van der Waals surface area contributed by atoms with Crippen molar-refractivity contribution in [3.63, 3.8) is 0 Å². The Bertz CT molecular complexity index is 951. The second-order valence-electron chi connectivity index (χ2n) is 7.20. The fourth-order valence-corrected chi connectivity index (χ4v) is 4.64. The van der Waals surface area contributed by atoms with Gasteiger partial charge < -0.3 is 5.11 Å². The van der Waals surface area contributed by atoms with E-state index in [2.05, 4.69) is 4.98 Å². The van der Waals surface area contributed by atoms with Crippen LogP contribution in [0.5, 0.6) is 0 Å². The number of pyridine rings is 1. The molecule has 1 aromatic carbocycles. The summed E-state index contributed by atoms with van der Waals surface area (Å²) in [7, 11) is -0.262. The lowest BCUT2D eigenvalue weighted by atomic mass is 9.92. The highest BCUT2D eigenvalue weighted by molar-refractivity contribution is 7.86. The van der Waals surface area contributed by atoms with Gasteiger partial charge in [0.1, 0.15) is 0 Å². The molecule has 0 aliphatic carbocycles. The maximum Gasteiger partial charge on any atom is 0.336 e. The predicted octanol–water partition coefficient (Wildman–Crippen LogP) is 2.51. The zero-order valence-corrected chi connectivity index (χ0v) is 16.9. The lowest BCUT2D eigenvalue weighted by Gasteiger charge is -2.32. The molecule has 150 valence electrons. The third-order valence-electron chi connectivity index (χ3n) is 5.10. The standard InChI is InChI=1S/C20H25N3O4S/c1-22(2)28(26,27)23-12-10-15(11-13-23)14-16-6-5-9-19(21-16)17-7-3-4-8-18(17)20(24)25/h3-9,15H,10-14H2,1-2H3,(H,24,25). The number of piperidine rings is 1. The van der Waals surface area contributed by atoms with Crippen molar-refractivity contribution in [1.29, 1.82) is 0 Å². The van der Waals surface area contributed by atoms with E-state index < -0.39 is 16.2 Å². The van der Waals surface area contributed by atoms with E-state index in [1.807, 2.05) is 18.2 Å². The molecule has 1 aliphatic heterocycles. The van der Waals surface area contributed by atoms with Crippen LogP contribution in [0.4, 0.5) is 0 Å². The van der Waals surface area contributed by atoms with Gasteiger partial charge in [-0.05, 0) is 43.4 Å². The van der Waals surface area contributed by atoms with Crippen LogP contribution in [0.15, 0.2) is 42.5 Å². The van der Waals surface area contributed by atoms with E-state index in [9.17, 15) is 18.3 Å². The summed E-state index contributed by atoms with van der Waals surface area (Å²) in [6.07, 6.45) is 2.31. The molecule has 0 amide bonds. The molecule has 0 spiro atoms. The first kappa shape index (κ1) is 20.4. The molecule has 0 radical (unpaired) electrons. The average molecular weight is 404 g/mol. The van der Waals surface area contributed by atoms with Crippen LogP contribution in [-0.2, 0) is 16.6 Å². The van der Waals surface area contributed by atoms with Crippen LogP contribution < -0.4 is 0 Å². The molecule has 8 heteroatoms. The van der Waals surface area contributed by atoms with Crippen LogP contribution in [0, 0.1) is 5.92 Å². The van der Waals surface area contributed by atoms with Gasteiger partial charge in [0.25, 0.3) is 10.2 Å². The SMILES string of the molecule is CN(C)S(=O)(=O)N1CCC(Cc2cccc(-c3ccccc3C(=O)O)n2)CC1. The molecule has 2 heterocycles. The molecule has 0 unspecified atom stereocenters. The first-order valence-electron chi connectivity index (χ1n) is 9.25. The Hall–Kier alpha value is -2.29. The fraction of sp³-hybridized carbons (Fsp3) is 0.400. The number of aromatic nitrogens is 1. The van der Waals surface area contributed by atoms with Crippen LogP contribution in [0.2, 0.25) is 0 Å². The number of hydrogen-bond acceptors (Lipinski definition) is 4. The first-order valence-corrected chi connectivity index (χ1v) is 10.6. The van der Waals surface area contributed by atoms with Crippen molar-refractivity contribution in [3.8, 4) is 11.3 Å². The maximum absolute atomic E-state index is 12.2. The molecule has 1 N–H and O–H groups in total. The number of nitrogens with zero attached hydrogens (tertiary/aromatic N) is 3. The van der Waals surface area contributed by atoms with Crippen molar-refractivity contribution in [3.05, 3.63) is 53.7 Å². The number of rotatable bonds is 6. The second-order valence-corrected chi connectivity index (χ2v) is 9.34. The molecular weight excluding hydrogens is 378 g/mol. The number of carboxylic acid groups (broad SMARTS) is 1. The monoisotopic (exact) mass is 403 g/mol. The quantitative estimate of drug-likeness (QED) is 0.800. The molecule has 0 bridgehead atoms. The smallest absolute Gasteiger partial charge is 0.336 e. The molecule has 0 atom stereocenters. The van der Waals surface area contributed by atoms with E-state index >= 15 is 0 Å². The maximum atomic E-state index is 12.2. The molecule has 0 saturated carbocycles. The minimum Gasteiger partial charge on any atom is -0.478 e. The third kappa shape index (κ3) is 4.40. The summed E-state index contributed by atoms with van der Waals surface area (Å²) in [5.74, 6) is -0.622. The van der Waals surface area contributed by atoms with Crippen molar-refractivity contribution in [2.75, 3.05) is 27.2 Å². The molecule has 1 fully saturated rings. The van der Waals surface area contributed by atoms with Gasteiger partial charge in [-0.2, -0.15) is 17.0 Å². The number of carboxylic acids is 1. The van der Waals surface area contributed by atoms with Gasteiger partial charge in [-0.15, -0.1) is 0 Å². The summed E-state index contributed by atoms with van der Waals surface area (Å²) in [6.45, 7) is 1.01. The molecule has 1 aromatic heterocycles. The van der Waals surface area contributed by atoms with Gasteiger partial charge in [0.2, 0.25) is 0 Å². The van der Waals surface area contributed by atoms with Crippen molar-refractivity contribution in [1.82, 2.24) is 13.6 Å². The lowest BCUT2D eigenvalue weighted by molar-refractivity contribution is 0.0697. The van der Waals surface area contributed by atoms with E-state index in [1.165, 1.54) is 8.61 Å². The number of carbonyl (C=O) groups is 1. The summed E-state index contributed by atoms with van der Waals surface area (Å²) >= 11 is 0. The number of hydrogen-bond donors (Lipinski definition) is 1. The molecule has 2 aromatic rings. The summed E-state index contributed by atoms with van der Waals surface area (Å²) < 4.78 is 27.2. The van der Waals surface area contributed by atoms with Gasteiger partial charge in [-0.1, -0.05) is 24.3 Å². The van der Waals surface area contributed by atoms with E-state index in [-0.39, 0.29) is 5.56 Å². The summed E-state index contributed by atoms with van der Waals surface area (Å²) in [5, 5.41) is 9.40. The third-order valence-corrected chi connectivity index (χ3v) is 7.04. The Labute approximate surface area is 165 Å². The van der Waals surface area contributed by atoms with Gasteiger partial charge in [-0.25, -0.2) is 4.79 Å². The lowest BCUT2D eigenvalue weighted by Crippen LogP contribution is -2.44. The van der Waals surface area contributed by atoms with Gasteiger partial charge in [0, 0.05) is 38.4 Å². The molecular formula is C20H25N3O4S. The summed E-state index contributed by atoms with van der Waals surface area (Å²) in [5.41, 5.74) is 2.37. The Kier molecular flexibility index (Phi) is 6.12. The molecule has 1 saturated heterocycles. The van der Waals surface area contributed by atoms with Crippen LogP contribution in [0.1, 0.15) is 28.9 Å². The van der Waals surface area contributed by atoms with E-state index in [1.54, 1.807) is 38.4 Å². The minimum atomic E-state index is -3.36. The van der Waals surface area contributed by atoms with Crippen LogP contribution >= 0.6 is 0 Å². The molecule has 28 heavy (non-hydrogen) atoms.